The fraction of sp³-hybridized carbons (Fsp3) is 0.148. The number of carbonyl (C=O) groups is 1. The van der Waals surface area contributed by atoms with Gasteiger partial charge in [0.15, 0.2) is 11.0 Å². The minimum absolute atomic E-state index is 0.000172. The van der Waals surface area contributed by atoms with Gasteiger partial charge in [0.2, 0.25) is 5.91 Å². The number of hydrogen-bond donors (Lipinski definition) is 1. The summed E-state index contributed by atoms with van der Waals surface area (Å²) in [5.74, 6) is 0.411. The Balaban J connectivity index is 1.55. The molecule has 182 valence electrons. The van der Waals surface area contributed by atoms with Crippen molar-refractivity contribution in [3.05, 3.63) is 119 Å². The Labute approximate surface area is 213 Å². The van der Waals surface area contributed by atoms with Gasteiger partial charge in [-0.2, -0.15) is 0 Å². The summed E-state index contributed by atoms with van der Waals surface area (Å²) in [6.07, 6.45) is 1.72. The van der Waals surface area contributed by atoms with Crippen molar-refractivity contribution in [2.75, 3.05) is 0 Å². The maximum absolute atomic E-state index is 13.3. The number of thioether (sulfide) groups is 1. The Morgan fingerprint density at radius 3 is 2.14 bits per heavy atom. The molecule has 9 heteroatoms. The van der Waals surface area contributed by atoms with Gasteiger partial charge in [-0.05, 0) is 30.2 Å². The van der Waals surface area contributed by atoms with E-state index in [0.717, 1.165) is 11.1 Å². The zero-order chi connectivity index (χ0) is 25.5. The van der Waals surface area contributed by atoms with Gasteiger partial charge in [-0.25, -0.2) is 0 Å². The molecule has 0 saturated carbocycles. The second kappa shape index (κ2) is 11.5. The molecule has 0 aliphatic rings. The van der Waals surface area contributed by atoms with E-state index in [1.807, 2.05) is 72.2 Å². The SMILES string of the molecule is C=CCn1c(SC(C)C(=O)NC(c2ccccc2)c2ccccc2)nnc1-c1ccc([N+](=O)[O-])cc1. The van der Waals surface area contributed by atoms with Crippen LogP contribution in [-0.2, 0) is 11.3 Å². The Morgan fingerprint density at radius 2 is 1.61 bits per heavy atom. The molecular weight excluding hydrogens is 474 g/mol. The highest BCUT2D eigenvalue weighted by Crippen LogP contribution is 2.29. The summed E-state index contributed by atoms with van der Waals surface area (Å²) in [6.45, 7) is 6.06. The molecule has 3 aromatic carbocycles. The van der Waals surface area contributed by atoms with Gasteiger partial charge >= 0.3 is 0 Å². The third kappa shape index (κ3) is 5.69. The molecule has 0 aliphatic carbocycles. The molecular formula is C27H25N5O3S. The third-order valence-corrected chi connectivity index (χ3v) is 6.65. The molecule has 0 fully saturated rings. The lowest BCUT2D eigenvalue weighted by Gasteiger charge is -2.22. The van der Waals surface area contributed by atoms with E-state index < -0.39 is 10.2 Å². The maximum atomic E-state index is 13.3. The minimum Gasteiger partial charge on any atom is -0.344 e. The van der Waals surface area contributed by atoms with E-state index in [1.54, 1.807) is 18.2 Å². The van der Waals surface area contributed by atoms with Gasteiger partial charge in [0, 0.05) is 24.2 Å². The van der Waals surface area contributed by atoms with Crippen LogP contribution in [0.1, 0.15) is 24.1 Å². The molecule has 1 atom stereocenters. The first-order valence-electron chi connectivity index (χ1n) is 11.3. The Bertz CT molecular complexity index is 1300. The van der Waals surface area contributed by atoms with Gasteiger partial charge in [0.25, 0.3) is 5.69 Å². The molecule has 0 saturated heterocycles. The fourth-order valence-electron chi connectivity index (χ4n) is 3.74. The molecule has 0 aliphatic heterocycles. The number of nitrogens with zero attached hydrogens (tertiary/aromatic N) is 4. The average Bonchev–Trinajstić information content (AvgIpc) is 3.30. The lowest BCUT2D eigenvalue weighted by molar-refractivity contribution is -0.384. The summed E-state index contributed by atoms with van der Waals surface area (Å²) in [7, 11) is 0. The number of benzene rings is 3. The monoisotopic (exact) mass is 499 g/mol. The molecule has 1 amide bonds. The molecule has 36 heavy (non-hydrogen) atoms. The van der Waals surface area contributed by atoms with E-state index in [1.165, 1.54) is 23.9 Å². The van der Waals surface area contributed by atoms with Crippen molar-refractivity contribution in [1.29, 1.82) is 0 Å². The second-order valence-corrected chi connectivity index (χ2v) is 9.34. The highest BCUT2D eigenvalue weighted by Gasteiger charge is 2.24. The fourth-order valence-corrected chi connectivity index (χ4v) is 4.60. The summed E-state index contributed by atoms with van der Waals surface area (Å²) in [5, 5.41) is 22.8. The zero-order valence-corrected chi connectivity index (χ0v) is 20.5. The van der Waals surface area contributed by atoms with Gasteiger partial charge < -0.3 is 5.32 Å². The first kappa shape index (κ1) is 24.9. The number of non-ortho nitro benzene ring substituents is 1. The van der Waals surface area contributed by atoms with Crippen molar-refractivity contribution in [1.82, 2.24) is 20.1 Å². The quantitative estimate of drug-likeness (QED) is 0.135. The van der Waals surface area contributed by atoms with Crippen molar-refractivity contribution >= 4 is 23.4 Å². The first-order chi connectivity index (χ1) is 17.5. The number of nitro groups is 1. The van der Waals surface area contributed by atoms with Crippen LogP contribution in [0.15, 0.2) is 103 Å². The van der Waals surface area contributed by atoms with Crippen LogP contribution < -0.4 is 5.32 Å². The summed E-state index contributed by atoms with van der Waals surface area (Å²) in [4.78, 5) is 23.8. The van der Waals surface area contributed by atoms with Gasteiger partial charge in [-0.15, -0.1) is 16.8 Å². The van der Waals surface area contributed by atoms with E-state index in [2.05, 4.69) is 22.1 Å². The minimum atomic E-state index is -0.461. The predicted octanol–water partition coefficient (Wildman–Crippen LogP) is 5.43. The summed E-state index contributed by atoms with van der Waals surface area (Å²) in [6, 6.07) is 25.5. The molecule has 1 heterocycles. The normalized spacial score (nSPS) is 11.7. The lowest BCUT2D eigenvalue weighted by Crippen LogP contribution is -2.35. The topological polar surface area (TPSA) is 103 Å². The van der Waals surface area contributed by atoms with E-state index in [9.17, 15) is 14.9 Å². The van der Waals surface area contributed by atoms with E-state index in [4.69, 9.17) is 0 Å². The van der Waals surface area contributed by atoms with E-state index in [0.29, 0.717) is 23.1 Å². The third-order valence-electron chi connectivity index (χ3n) is 5.57. The van der Waals surface area contributed by atoms with Crippen LogP contribution in [0.4, 0.5) is 5.69 Å². The van der Waals surface area contributed by atoms with Crippen LogP contribution in [0.2, 0.25) is 0 Å². The van der Waals surface area contributed by atoms with Crippen LogP contribution in [0.5, 0.6) is 0 Å². The number of aromatic nitrogens is 3. The Kier molecular flexibility index (Phi) is 7.92. The second-order valence-electron chi connectivity index (χ2n) is 8.03. The van der Waals surface area contributed by atoms with Gasteiger partial charge in [0.05, 0.1) is 16.2 Å². The van der Waals surface area contributed by atoms with E-state index >= 15 is 0 Å². The molecule has 1 aromatic heterocycles. The summed E-state index contributed by atoms with van der Waals surface area (Å²) in [5.41, 5.74) is 2.67. The predicted molar refractivity (Wildman–Crippen MR) is 140 cm³/mol. The van der Waals surface area contributed by atoms with Gasteiger partial charge in [0.1, 0.15) is 0 Å². The Hall–Kier alpha value is -4.24. The van der Waals surface area contributed by atoms with Gasteiger partial charge in [-0.3, -0.25) is 19.5 Å². The first-order valence-corrected chi connectivity index (χ1v) is 12.2. The molecule has 0 radical (unpaired) electrons. The molecule has 0 spiro atoms. The summed E-state index contributed by atoms with van der Waals surface area (Å²) < 4.78 is 1.84. The standard InChI is InChI=1S/C27H25N5O3S/c1-3-18-31-25(22-14-16-23(17-15-22)32(34)35)29-30-27(31)36-19(2)26(33)28-24(20-10-6-4-7-11-20)21-12-8-5-9-13-21/h3-17,19,24H,1,18H2,2H3,(H,28,33). The Morgan fingerprint density at radius 1 is 1.03 bits per heavy atom. The molecule has 1 N–H and O–H groups in total. The van der Waals surface area contributed by atoms with Gasteiger partial charge in [-0.1, -0.05) is 78.5 Å². The molecule has 4 aromatic rings. The lowest BCUT2D eigenvalue weighted by atomic mass is 9.98. The van der Waals surface area contributed by atoms with Crippen LogP contribution in [-0.4, -0.2) is 30.8 Å². The zero-order valence-electron chi connectivity index (χ0n) is 19.7. The van der Waals surface area contributed by atoms with Crippen LogP contribution in [0.25, 0.3) is 11.4 Å². The van der Waals surface area contributed by atoms with Crippen LogP contribution in [0, 0.1) is 10.1 Å². The molecule has 4 rings (SSSR count). The number of carbonyl (C=O) groups excluding carboxylic acids is 1. The number of nitrogens with one attached hydrogen (secondary N) is 1. The largest absolute Gasteiger partial charge is 0.344 e. The van der Waals surface area contributed by atoms with Crippen molar-refractivity contribution in [3.63, 3.8) is 0 Å². The summed E-state index contributed by atoms with van der Waals surface area (Å²) >= 11 is 1.30. The highest BCUT2D eigenvalue weighted by molar-refractivity contribution is 8.00. The maximum Gasteiger partial charge on any atom is 0.269 e. The number of amides is 1. The number of allylic oxidation sites excluding steroid dienone is 1. The number of hydrogen-bond acceptors (Lipinski definition) is 6. The number of rotatable bonds is 10. The average molecular weight is 500 g/mol. The molecule has 1 unspecified atom stereocenters. The smallest absolute Gasteiger partial charge is 0.269 e. The van der Waals surface area contributed by atoms with Crippen molar-refractivity contribution in [2.45, 2.75) is 29.9 Å². The van der Waals surface area contributed by atoms with Crippen LogP contribution >= 0.6 is 11.8 Å². The molecule has 0 bridgehead atoms. The van der Waals surface area contributed by atoms with Crippen molar-refractivity contribution in [3.8, 4) is 11.4 Å². The molecule has 8 nitrogen and oxygen atoms in total. The van der Waals surface area contributed by atoms with Crippen molar-refractivity contribution in [2.24, 2.45) is 0 Å². The van der Waals surface area contributed by atoms with Crippen LogP contribution in [0.3, 0.4) is 0 Å². The highest BCUT2D eigenvalue weighted by atomic mass is 32.2. The number of nitro benzene ring substituents is 1. The van der Waals surface area contributed by atoms with E-state index in [-0.39, 0.29) is 17.6 Å². The van der Waals surface area contributed by atoms with Crippen molar-refractivity contribution < 1.29 is 9.72 Å².